The van der Waals surface area contributed by atoms with Crippen molar-refractivity contribution in [3.05, 3.63) is 75.8 Å². The third-order valence-corrected chi connectivity index (χ3v) is 4.65. The molecule has 3 heteroatoms. The van der Waals surface area contributed by atoms with Crippen molar-refractivity contribution >= 4 is 23.6 Å². The van der Waals surface area contributed by atoms with E-state index < -0.39 is 0 Å². The summed E-state index contributed by atoms with van der Waals surface area (Å²) in [4.78, 5) is 12.1. The molecule has 2 aromatic rings. The average molecular weight is 326 g/mol. The first-order valence-corrected chi connectivity index (χ1v) is 8.36. The van der Waals surface area contributed by atoms with Crippen LogP contribution in [0.2, 0.25) is 5.02 Å². The van der Waals surface area contributed by atoms with Crippen molar-refractivity contribution < 1.29 is 4.79 Å². The number of amides is 1. The standard InChI is InChI=1S/C20H20ClNO/c1-14(17-10-9-15-6-4-7-18(15)13-17)22-20(23)12-11-16-5-2-3-8-19(16)21/h2-3,5,8-14H,4,6-7H2,1H3,(H,22,23)/b12-11+/t14-/m0/s1. The normalized spacial score (nSPS) is 14.7. The van der Waals surface area contributed by atoms with Gasteiger partial charge < -0.3 is 5.32 Å². The molecule has 0 saturated carbocycles. The number of hydrogen-bond donors (Lipinski definition) is 1. The van der Waals surface area contributed by atoms with Crippen LogP contribution in [0.4, 0.5) is 0 Å². The van der Waals surface area contributed by atoms with E-state index in [1.807, 2.05) is 31.2 Å². The molecule has 0 heterocycles. The van der Waals surface area contributed by atoms with Gasteiger partial charge in [-0.05, 0) is 60.6 Å². The quantitative estimate of drug-likeness (QED) is 0.810. The molecule has 3 rings (SSSR count). The Hall–Kier alpha value is -2.06. The van der Waals surface area contributed by atoms with E-state index in [1.54, 1.807) is 6.08 Å². The molecule has 1 aliphatic carbocycles. The number of nitrogens with one attached hydrogen (secondary N) is 1. The number of halogens is 1. The lowest BCUT2D eigenvalue weighted by molar-refractivity contribution is -0.117. The van der Waals surface area contributed by atoms with E-state index in [0.717, 1.165) is 17.5 Å². The fraction of sp³-hybridized carbons (Fsp3) is 0.250. The van der Waals surface area contributed by atoms with Crippen LogP contribution in [0.5, 0.6) is 0 Å². The Kier molecular flexibility index (Phi) is 4.82. The molecule has 23 heavy (non-hydrogen) atoms. The Morgan fingerprint density at radius 2 is 1.96 bits per heavy atom. The summed E-state index contributed by atoms with van der Waals surface area (Å²) in [6.45, 7) is 2.01. The molecular formula is C20H20ClNO. The van der Waals surface area contributed by atoms with Crippen LogP contribution in [-0.2, 0) is 17.6 Å². The maximum atomic E-state index is 12.1. The highest BCUT2D eigenvalue weighted by Gasteiger charge is 2.14. The van der Waals surface area contributed by atoms with E-state index in [-0.39, 0.29) is 11.9 Å². The molecule has 0 fully saturated rings. The van der Waals surface area contributed by atoms with E-state index in [9.17, 15) is 4.79 Å². The molecule has 0 aromatic heterocycles. The van der Waals surface area contributed by atoms with E-state index in [1.165, 1.54) is 30.0 Å². The van der Waals surface area contributed by atoms with Gasteiger partial charge in [-0.25, -0.2) is 0 Å². The van der Waals surface area contributed by atoms with Gasteiger partial charge in [-0.1, -0.05) is 48.0 Å². The Bertz CT molecular complexity index is 751. The van der Waals surface area contributed by atoms with Gasteiger partial charge in [0.1, 0.15) is 0 Å². The second-order valence-corrected chi connectivity index (χ2v) is 6.37. The molecule has 0 aliphatic heterocycles. The molecule has 0 bridgehead atoms. The monoisotopic (exact) mass is 325 g/mol. The zero-order valence-electron chi connectivity index (χ0n) is 13.2. The van der Waals surface area contributed by atoms with Crippen molar-refractivity contribution in [1.82, 2.24) is 5.32 Å². The molecule has 0 radical (unpaired) electrons. The van der Waals surface area contributed by atoms with Crippen LogP contribution in [0.3, 0.4) is 0 Å². The highest BCUT2D eigenvalue weighted by atomic mass is 35.5. The molecule has 118 valence electrons. The Morgan fingerprint density at radius 3 is 2.78 bits per heavy atom. The average Bonchev–Trinajstić information content (AvgIpc) is 3.01. The lowest BCUT2D eigenvalue weighted by Crippen LogP contribution is -2.24. The molecule has 0 spiro atoms. The number of benzene rings is 2. The van der Waals surface area contributed by atoms with Gasteiger partial charge in [0.15, 0.2) is 0 Å². The first-order chi connectivity index (χ1) is 11.1. The molecule has 2 aromatic carbocycles. The van der Waals surface area contributed by atoms with Crippen LogP contribution < -0.4 is 5.32 Å². The van der Waals surface area contributed by atoms with E-state index in [4.69, 9.17) is 11.6 Å². The van der Waals surface area contributed by atoms with E-state index in [2.05, 4.69) is 23.5 Å². The maximum Gasteiger partial charge on any atom is 0.244 e. The molecule has 1 N–H and O–H groups in total. The van der Waals surface area contributed by atoms with Crippen LogP contribution in [-0.4, -0.2) is 5.91 Å². The van der Waals surface area contributed by atoms with Crippen molar-refractivity contribution in [3.63, 3.8) is 0 Å². The summed E-state index contributed by atoms with van der Waals surface area (Å²) in [5.41, 5.74) is 4.88. The van der Waals surface area contributed by atoms with Gasteiger partial charge in [0, 0.05) is 11.1 Å². The summed E-state index contributed by atoms with van der Waals surface area (Å²) >= 11 is 6.08. The van der Waals surface area contributed by atoms with Gasteiger partial charge in [-0.2, -0.15) is 0 Å². The Morgan fingerprint density at radius 1 is 1.17 bits per heavy atom. The third-order valence-electron chi connectivity index (χ3n) is 4.30. The molecule has 0 unspecified atom stereocenters. The number of aryl methyl sites for hydroxylation is 2. The number of rotatable bonds is 4. The van der Waals surface area contributed by atoms with Crippen LogP contribution in [0.15, 0.2) is 48.5 Å². The molecule has 1 atom stereocenters. The minimum absolute atomic E-state index is 0.00991. The number of carbonyl (C=O) groups excluding carboxylic acids is 1. The summed E-state index contributed by atoms with van der Waals surface area (Å²) < 4.78 is 0. The van der Waals surface area contributed by atoms with Gasteiger partial charge in [-0.15, -0.1) is 0 Å². The van der Waals surface area contributed by atoms with Gasteiger partial charge in [-0.3, -0.25) is 4.79 Å². The van der Waals surface area contributed by atoms with Crippen molar-refractivity contribution in [2.24, 2.45) is 0 Å². The lowest BCUT2D eigenvalue weighted by atomic mass is 10.0. The highest BCUT2D eigenvalue weighted by molar-refractivity contribution is 6.32. The van der Waals surface area contributed by atoms with Crippen molar-refractivity contribution in [2.45, 2.75) is 32.2 Å². The SMILES string of the molecule is C[C@H](NC(=O)/C=C/c1ccccc1Cl)c1ccc2c(c1)CCC2. The first-order valence-electron chi connectivity index (χ1n) is 7.98. The zero-order valence-corrected chi connectivity index (χ0v) is 13.9. The van der Waals surface area contributed by atoms with Crippen LogP contribution >= 0.6 is 11.6 Å². The minimum Gasteiger partial charge on any atom is -0.346 e. The molecule has 1 aliphatic rings. The van der Waals surface area contributed by atoms with E-state index in [0.29, 0.717) is 5.02 Å². The fourth-order valence-electron chi connectivity index (χ4n) is 2.98. The van der Waals surface area contributed by atoms with Crippen LogP contribution in [0.1, 0.15) is 41.6 Å². The largest absolute Gasteiger partial charge is 0.346 e. The zero-order chi connectivity index (χ0) is 16.2. The fourth-order valence-corrected chi connectivity index (χ4v) is 3.18. The van der Waals surface area contributed by atoms with Crippen molar-refractivity contribution in [2.75, 3.05) is 0 Å². The molecular weight excluding hydrogens is 306 g/mol. The number of fused-ring (bicyclic) bond motifs is 1. The third kappa shape index (κ3) is 3.83. The minimum atomic E-state index is -0.113. The molecule has 0 saturated heterocycles. The Labute approximate surface area is 142 Å². The molecule has 2 nitrogen and oxygen atoms in total. The van der Waals surface area contributed by atoms with E-state index >= 15 is 0 Å². The summed E-state index contributed by atoms with van der Waals surface area (Å²) in [6, 6.07) is 14.0. The predicted octanol–water partition coefficient (Wildman–Crippen LogP) is 4.72. The van der Waals surface area contributed by atoms with Crippen molar-refractivity contribution in [3.8, 4) is 0 Å². The number of hydrogen-bond acceptors (Lipinski definition) is 1. The van der Waals surface area contributed by atoms with Gasteiger partial charge >= 0.3 is 0 Å². The topological polar surface area (TPSA) is 29.1 Å². The predicted molar refractivity (Wildman–Crippen MR) is 95.5 cm³/mol. The molecule has 1 amide bonds. The first kappa shape index (κ1) is 15.8. The summed E-state index contributed by atoms with van der Waals surface area (Å²) in [5.74, 6) is -0.113. The van der Waals surface area contributed by atoms with Crippen LogP contribution in [0, 0.1) is 0 Å². The summed E-state index contributed by atoms with van der Waals surface area (Å²) in [7, 11) is 0. The lowest BCUT2D eigenvalue weighted by Gasteiger charge is -2.14. The van der Waals surface area contributed by atoms with Crippen LogP contribution in [0.25, 0.3) is 6.08 Å². The van der Waals surface area contributed by atoms with Gasteiger partial charge in [0.2, 0.25) is 5.91 Å². The summed E-state index contributed by atoms with van der Waals surface area (Å²) in [6.07, 6.45) is 6.84. The highest BCUT2D eigenvalue weighted by Crippen LogP contribution is 2.25. The smallest absolute Gasteiger partial charge is 0.244 e. The van der Waals surface area contributed by atoms with Gasteiger partial charge in [0.25, 0.3) is 0 Å². The number of carbonyl (C=O) groups is 1. The van der Waals surface area contributed by atoms with Crippen molar-refractivity contribution in [1.29, 1.82) is 0 Å². The summed E-state index contributed by atoms with van der Waals surface area (Å²) in [5, 5.41) is 3.65. The second-order valence-electron chi connectivity index (χ2n) is 5.97. The second kappa shape index (κ2) is 7.01. The Balaban J connectivity index is 1.64. The maximum absolute atomic E-state index is 12.1. The van der Waals surface area contributed by atoms with Gasteiger partial charge in [0.05, 0.1) is 6.04 Å².